The summed E-state index contributed by atoms with van der Waals surface area (Å²) in [4.78, 5) is 23.1. The fraction of sp³-hybridized carbons (Fsp3) is 0.500. The van der Waals surface area contributed by atoms with E-state index < -0.39 is 25.1 Å². The minimum Gasteiger partial charge on any atom is -0.481 e. The van der Waals surface area contributed by atoms with Gasteiger partial charge in [-0.05, 0) is 17.6 Å². The van der Waals surface area contributed by atoms with Crippen molar-refractivity contribution in [3.63, 3.8) is 0 Å². The number of carboxylic acids is 1. The number of carbonyl (C=O) groups excluding carboxylic acids is 1. The third-order valence-electron chi connectivity index (χ3n) is 2.77. The summed E-state index contributed by atoms with van der Waals surface area (Å²) < 4.78 is 5.21. The molecule has 1 aliphatic heterocycles. The summed E-state index contributed by atoms with van der Waals surface area (Å²) in [5, 5.41) is 21.2. The average Bonchev–Trinajstić information content (AvgIpc) is 2.51. The fourth-order valence-corrected chi connectivity index (χ4v) is 2.02. The predicted octanol–water partition coefficient (Wildman–Crippen LogP) is 0.577. The molecular weight excluding hydrogens is 281 g/mol. The van der Waals surface area contributed by atoms with Crippen LogP contribution < -0.4 is 5.32 Å². The third-order valence-corrected chi connectivity index (χ3v) is 3.49. The minimum absolute atomic E-state index is 0.173. The summed E-state index contributed by atoms with van der Waals surface area (Å²) in [7, 11) is -1.24. The van der Waals surface area contributed by atoms with Gasteiger partial charge in [-0.25, -0.2) is 0 Å². The molecule has 3 N–H and O–H groups in total. The van der Waals surface area contributed by atoms with Crippen LogP contribution in [0.4, 0.5) is 0 Å². The summed E-state index contributed by atoms with van der Waals surface area (Å²) in [6.45, 7) is 3.72. The molecule has 0 aromatic heterocycles. The number of nitrogens with one attached hydrogen (secondary N) is 1. The highest BCUT2D eigenvalue weighted by molar-refractivity contribution is 8.02. The van der Waals surface area contributed by atoms with Gasteiger partial charge >= 0.3 is 13.1 Å². The molecular formula is C12H18BNO5S. The highest BCUT2D eigenvalue weighted by atomic mass is 32.2. The summed E-state index contributed by atoms with van der Waals surface area (Å²) >= 11 is 1.40. The maximum Gasteiger partial charge on any atom is 0.478 e. The Balaban J connectivity index is 2.52. The van der Waals surface area contributed by atoms with Crippen LogP contribution in [-0.4, -0.2) is 47.4 Å². The SMILES string of the molecule is C=C(CC(=O)N[C@H]1CC=C[C@H](CC(=O)O)OB1O)SC. The zero-order chi connectivity index (χ0) is 15.1. The molecule has 2 atom stereocenters. The molecule has 0 bridgehead atoms. The maximum atomic E-state index is 11.7. The highest BCUT2D eigenvalue weighted by Crippen LogP contribution is 2.15. The Morgan fingerprint density at radius 3 is 2.90 bits per heavy atom. The Labute approximate surface area is 122 Å². The van der Waals surface area contributed by atoms with Crippen molar-refractivity contribution < 1.29 is 24.4 Å². The second-order valence-corrected chi connectivity index (χ2v) is 5.41. The molecule has 0 aromatic rings. The zero-order valence-electron chi connectivity index (χ0n) is 11.2. The molecule has 0 radical (unpaired) electrons. The monoisotopic (exact) mass is 299 g/mol. The minimum atomic E-state index is -1.24. The standard InChI is InChI=1S/C12H18BNO5S/c1-8(20-2)6-11(15)14-10-5-3-4-9(7-12(16)17)19-13(10)18/h3-4,9-10,18H,1,5-7H2,2H3,(H,14,15)(H,16,17)/t9-,10+/m1/s1. The Kier molecular flexibility index (Phi) is 6.84. The Hall–Kier alpha value is -1.25. The number of rotatable bonds is 6. The molecule has 1 aliphatic rings. The van der Waals surface area contributed by atoms with Gasteiger partial charge in [-0.2, -0.15) is 0 Å². The number of carboxylic acid groups (broad SMARTS) is 1. The number of carbonyl (C=O) groups is 2. The summed E-state index contributed by atoms with van der Waals surface area (Å²) in [6, 6.07) is 0. The number of aliphatic carboxylic acids is 1. The molecule has 0 aliphatic carbocycles. The van der Waals surface area contributed by atoms with Crippen molar-refractivity contribution in [1.29, 1.82) is 0 Å². The van der Waals surface area contributed by atoms with Crippen molar-refractivity contribution in [2.24, 2.45) is 0 Å². The molecule has 0 aromatic carbocycles. The van der Waals surface area contributed by atoms with Gasteiger partial charge in [-0.15, -0.1) is 11.8 Å². The van der Waals surface area contributed by atoms with E-state index >= 15 is 0 Å². The van der Waals surface area contributed by atoms with Crippen LogP contribution in [0.15, 0.2) is 23.6 Å². The molecule has 0 saturated carbocycles. The Morgan fingerprint density at radius 1 is 1.60 bits per heavy atom. The van der Waals surface area contributed by atoms with Crippen LogP contribution in [0.1, 0.15) is 19.3 Å². The van der Waals surface area contributed by atoms with E-state index in [9.17, 15) is 14.6 Å². The van der Waals surface area contributed by atoms with Crippen LogP contribution in [0.3, 0.4) is 0 Å². The topological polar surface area (TPSA) is 95.9 Å². The number of amides is 1. The second-order valence-electron chi connectivity index (χ2n) is 4.42. The van der Waals surface area contributed by atoms with E-state index in [1.165, 1.54) is 11.8 Å². The average molecular weight is 299 g/mol. The maximum absolute atomic E-state index is 11.7. The smallest absolute Gasteiger partial charge is 0.478 e. The first-order valence-electron chi connectivity index (χ1n) is 6.15. The van der Waals surface area contributed by atoms with Crippen LogP contribution >= 0.6 is 11.8 Å². The van der Waals surface area contributed by atoms with Gasteiger partial charge in [0.1, 0.15) is 0 Å². The predicted molar refractivity (Wildman–Crippen MR) is 78.1 cm³/mol. The highest BCUT2D eigenvalue weighted by Gasteiger charge is 2.32. The van der Waals surface area contributed by atoms with E-state index in [4.69, 9.17) is 9.76 Å². The van der Waals surface area contributed by atoms with Crippen molar-refractivity contribution in [2.45, 2.75) is 31.3 Å². The largest absolute Gasteiger partial charge is 0.481 e. The van der Waals surface area contributed by atoms with E-state index in [0.29, 0.717) is 6.42 Å². The molecule has 0 saturated heterocycles. The lowest BCUT2D eigenvalue weighted by Crippen LogP contribution is -2.48. The van der Waals surface area contributed by atoms with Gasteiger partial charge in [-0.3, -0.25) is 9.59 Å². The lowest BCUT2D eigenvalue weighted by Gasteiger charge is -2.20. The van der Waals surface area contributed by atoms with Gasteiger partial charge in [0, 0.05) is 0 Å². The van der Waals surface area contributed by atoms with Crippen molar-refractivity contribution >= 4 is 30.8 Å². The zero-order valence-corrected chi connectivity index (χ0v) is 12.1. The molecule has 1 rings (SSSR count). The quantitative estimate of drug-likeness (QED) is 0.490. The molecule has 0 spiro atoms. The van der Waals surface area contributed by atoms with Gasteiger partial charge in [0.25, 0.3) is 0 Å². The lowest BCUT2D eigenvalue weighted by molar-refractivity contribution is -0.138. The Morgan fingerprint density at radius 2 is 2.30 bits per heavy atom. The van der Waals surface area contributed by atoms with E-state index in [-0.39, 0.29) is 18.7 Å². The number of thioether (sulfide) groups is 1. The van der Waals surface area contributed by atoms with Crippen LogP contribution in [0.5, 0.6) is 0 Å². The summed E-state index contributed by atoms with van der Waals surface area (Å²) in [5.74, 6) is -1.85. The van der Waals surface area contributed by atoms with E-state index in [1.807, 2.05) is 6.26 Å². The van der Waals surface area contributed by atoms with Gasteiger partial charge in [0.15, 0.2) is 0 Å². The van der Waals surface area contributed by atoms with Crippen molar-refractivity contribution in [2.75, 3.05) is 6.26 Å². The first kappa shape index (κ1) is 16.8. The first-order chi connectivity index (χ1) is 9.42. The van der Waals surface area contributed by atoms with E-state index in [0.717, 1.165) is 4.91 Å². The molecule has 0 fully saturated rings. The van der Waals surface area contributed by atoms with Crippen molar-refractivity contribution in [3.8, 4) is 0 Å². The van der Waals surface area contributed by atoms with Crippen LogP contribution in [0.2, 0.25) is 0 Å². The lowest BCUT2D eigenvalue weighted by atomic mass is 9.77. The molecule has 1 heterocycles. The molecule has 20 heavy (non-hydrogen) atoms. The molecule has 0 unspecified atom stereocenters. The second kappa shape index (κ2) is 8.13. The van der Waals surface area contributed by atoms with Crippen molar-refractivity contribution in [3.05, 3.63) is 23.6 Å². The number of hydrogen-bond acceptors (Lipinski definition) is 5. The number of hydrogen-bond donors (Lipinski definition) is 3. The molecule has 1 amide bonds. The van der Waals surface area contributed by atoms with E-state index in [1.54, 1.807) is 12.2 Å². The van der Waals surface area contributed by atoms with Crippen LogP contribution in [0, 0.1) is 0 Å². The van der Waals surface area contributed by atoms with Crippen LogP contribution in [0.25, 0.3) is 0 Å². The normalized spacial score (nSPS) is 22.2. The fourth-order valence-electron chi connectivity index (χ4n) is 1.74. The van der Waals surface area contributed by atoms with Gasteiger partial charge < -0.3 is 20.1 Å². The third kappa shape index (κ3) is 5.81. The molecule has 8 heteroatoms. The molecule has 110 valence electrons. The van der Waals surface area contributed by atoms with Crippen LogP contribution in [-0.2, 0) is 14.2 Å². The summed E-state index contributed by atoms with van der Waals surface area (Å²) in [6.07, 6.45) is 4.77. The van der Waals surface area contributed by atoms with Gasteiger partial charge in [-0.1, -0.05) is 18.7 Å². The molecule has 6 nitrogen and oxygen atoms in total. The van der Waals surface area contributed by atoms with Gasteiger partial charge in [0.05, 0.1) is 24.9 Å². The van der Waals surface area contributed by atoms with E-state index in [2.05, 4.69) is 11.9 Å². The summed E-state index contributed by atoms with van der Waals surface area (Å²) in [5.41, 5.74) is 0. The van der Waals surface area contributed by atoms with Crippen molar-refractivity contribution in [1.82, 2.24) is 5.32 Å². The Bertz CT molecular complexity index is 415. The van der Waals surface area contributed by atoms with Gasteiger partial charge in [0.2, 0.25) is 5.91 Å². The first-order valence-corrected chi connectivity index (χ1v) is 7.38.